The van der Waals surface area contributed by atoms with Crippen LogP contribution in [0.3, 0.4) is 0 Å². The molecule has 0 saturated heterocycles. The largest absolute Gasteiger partial charge is 0.298 e. The molecule has 0 saturated carbocycles. The van der Waals surface area contributed by atoms with E-state index in [9.17, 15) is 4.79 Å². The van der Waals surface area contributed by atoms with E-state index in [0.29, 0.717) is 11.2 Å². The standard InChI is InChI=1S/C16H22OS/c1-16(2,3)10-6-8-13(17)15-11-12-7-4-5-9-14(12)18-15/h4-5,7,9,15H,6,8,10-11H2,1-3H3. The topological polar surface area (TPSA) is 17.1 Å². The van der Waals surface area contributed by atoms with E-state index in [4.69, 9.17) is 0 Å². The Morgan fingerprint density at radius 3 is 2.72 bits per heavy atom. The van der Waals surface area contributed by atoms with Crippen LogP contribution in [0.5, 0.6) is 0 Å². The number of hydrogen-bond acceptors (Lipinski definition) is 2. The van der Waals surface area contributed by atoms with Gasteiger partial charge in [0.25, 0.3) is 0 Å². The summed E-state index contributed by atoms with van der Waals surface area (Å²) in [4.78, 5) is 13.5. The molecule has 0 radical (unpaired) electrons. The van der Waals surface area contributed by atoms with Gasteiger partial charge in [0.15, 0.2) is 0 Å². The second-order valence-corrected chi connectivity index (χ2v) is 7.54. The van der Waals surface area contributed by atoms with Crippen molar-refractivity contribution >= 4 is 17.5 Å². The van der Waals surface area contributed by atoms with Crippen LogP contribution in [0.2, 0.25) is 0 Å². The van der Waals surface area contributed by atoms with E-state index in [2.05, 4.69) is 45.0 Å². The highest BCUT2D eigenvalue weighted by Crippen LogP contribution is 2.38. The summed E-state index contributed by atoms with van der Waals surface area (Å²) in [6.07, 6.45) is 3.82. The van der Waals surface area contributed by atoms with Crippen LogP contribution in [0.25, 0.3) is 0 Å². The molecule has 1 unspecified atom stereocenters. The van der Waals surface area contributed by atoms with Crippen LogP contribution >= 0.6 is 11.8 Å². The van der Waals surface area contributed by atoms with Gasteiger partial charge < -0.3 is 0 Å². The van der Waals surface area contributed by atoms with Crippen molar-refractivity contribution in [2.24, 2.45) is 5.41 Å². The van der Waals surface area contributed by atoms with Crippen molar-refractivity contribution in [1.29, 1.82) is 0 Å². The molecule has 0 spiro atoms. The molecule has 0 bridgehead atoms. The second kappa shape index (κ2) is 5.48. The molecule has 1 heterocycles. The third kappa shape index (κ3) is 3.61. The van der Waals surface area contributed by atoms with Crippen LogP contribution in [0.4, 0.5) is 0 Å². The molecule has 0 fully saturated rings. The van der Waals surface area contributed by atoms with Crippen molar-refractivity contribution in [3.05, 3.63) is 29.8 Å². The molecule has 1 nitrogen and oxygen atoms in total. The molecule has 1 aliphatic heterocycles. The number of ketones is 1. The molecule has 2 rings (SSSR count). The third-order valence-electron chi connectivity index (χ3n) is 3.36. The van der Waals surface area contributed by atoms with Gasteiger partial charge in [0.2, 0.25) is 0 Å². The molecular formula is C16H22OS. The van der Waals surface area contributed by atoms with Gasteiger partial charge in [-0.2, -0.15) is 0 Å². The van der Waals surface area contributed by atoms with Gasteiger partial charge in [-0.3, -0.25) is 4.79 Å². The fraction of sp³-hybridized carbons (Fsp3) is 0.562. The van der Waals surface area contributed by atoms with Crippen molar-refractivity contribution in [2.75, 3.05) is 0 Å². The molecule has 98 valence electrons. The lowest BCUT2D eigenvalue weighted by molar-refractivity contribution is -0.118. The number of carbonyl (C=O) groups excluding carboxylic acids is 1. The highest BCUT2D eigenvalue weighted by molar-refractivity contribution is 8.01. The lowest BCUT2D eigenvalue weighted by atomic mass is 9.89. The first-order valence-corrected chi connectivity index (χ1v) is 7.61. The summed E-state index contributed by atoms with van der Waals surface area (Å²) >= 11 is 1.75. The molecule has 1 aromatic rings. The molecular weight excluding hydrogens is 240 g/mol. The van der Waals surface area contributed by atoms with Gasteiger partial charge in [-0.1, -0.05) is 39.0 Å². The number of fused-ring (bicyclic) bond motifs is 1. The van der Waals surface area contributed by atoms with E-state index in [-0.39, 0.29) is 5.25 Å². The Labute approximate surface area is 114 Å². The Kier molecular flexibility index (Phi) is 4.16. The summed E-state index contributed by atoms with van der Waals surface area (Å²) in [5.74, 6) is 0.431. The van der Waals surface area contributed by atoms with Crippen LogP contribution < -0.4 is 0 Å². The zero-order chi connectivity index (χ0) is 13.2. The molecule has 0 amide bonds. The van der Waals surface area contributed by atoms with Crippen LogP contribution in [0.15, 0.2) is 29.2 Å². The number of hydrogen-bond donors (Lipinski definition) is 0. The van der Waals surface area contributed by atoms with Crippen LogP contribution in [-0.4, -0.2) is 11.0 Å². The Hall–Kier alpha value is -0.760. The minimum atomic E-state index is 0.169. The Morgan fingerprint density at radius 2 is 2.06 bits per heavy atom. The fourth-order valence-electron chi connectivity index (χ4n) is 2.32. The molecule has 0 aliphatic carbocycles. The predicted molar refractivity (Wildman–Crippen MR) is 78.1 cm³/mol. The van der Waals surface area contributed by atoms with E-state index in [0.717, 1.165) is 25.7 Å². The number of benzene rings is 1. The van der Waals surface area contributed by atoms with Crippen LogP contribution in [0.1, 0.15) is 45.6 Å². The number of rotatable bonds is 4. The zero-order valence-corrected chi connectivity index (χ0v) is 12.3. The molecule has 1 aromatic carbocycles. The SMILES string of the molecule is CC(C)(C)CCCC(=O)C1Cc2ccccc2S1. The molecule has 2 heteroatoms. The first-order chi connectivity index (χ1) is 8.46. The van der Waals surface area contributed by atoms with Gasteiger partial charge in [0.05, 0.1) is 5.25 Å². The van der Waals surface area contributed by atoms with Gasteiger partial charge in [-0.25, -0.2) is 0 Å². The van der Waals surface area contributed by atoms with Gasteiger partial charge in [0.1, 0.15) is 5.78 Å². The van der Waals surface area contributed by atoms with E-state index in [1.165, 1.54) is 10.5 Å². The fourth-order valence-corrected chi connectivity index (χ4v) is 3.59. The molecule has 1 atom stereocenters. The van der Waals surface area contributed by atoms with Gasteiger partial charge in [-0.15, -0.1) is 11.8 Å². The van der Waals surface area contributed by atoms with E-state index in [1.54, 1.807) is 11.8 Å². The third-order valence-corrected chi connectivity index (χ3v) is 4.72. The molecule has 0 aromatic heterocycles. The summed E-state index contributed by atoms with van der Waals surface area (Å²) in [6.45, 7) is 6.70. The van der Waals surface area contributed by atoms with Crippen LogP contribution in [0, 0.1) is 5.41 Å². The average molecular weight is 262 g/mol. The first kappa shape index (κ1) is 13.7. The van der Waals surface area contributed by atoms with Crippen molar-refractivity contribution in [1.82, 2.24) is 0 Å². The monoisotopic (exact) mass is 262 g/mol. The lowest BCUT2D eigenvalue weighted by Gasteiger charge is -2.17. The molecule has 0 N–H and O–H groups in total. The minimum Gasteiger partial charge on any atom is -0.298 e. The van der Waals surface area contributed by atoms with Gasteiger partial charge >= 0.3 is 0 Å². The summed E-state index contributed by atoms with van der Waals surface area (Å²) in [5.41, 5.74) is 1.68. The Bertz CT molecular complexity index is 406. The van der Waals surface area contributed by atoms with Crippen molar-refractivity contribution in [2.45, 2.75) is 56.6 Å². The minimum absolute atomic E-state index is 0.169. The van der Waals surface area contributed by atoms with Gasteiger partial charge in [-0.05, 0) is 36.3 Å². The Morgan fingerprint density at radius 1 is 1.33 bits per heavy atom. The summed E-state index contributed by atoms with van der Waals surface area (Å²) < 4.78 is 0. The maximum atomic E-state index is 12.2. The smallest absolute Gasteiger partial charge is 0.146 e. The predicted octanol–water partition coefficient (Wildman–Crippen LogP) is 4.49. The number of carbonyl (C=O) groups is 1. The van der Waals surface area contributed by atoms with Crippen LogP contribution in [-0.2, 0) is 11.2 Å². The zero-order valence-electron chi connectivity index (χ0n) is 11.5. The van der Waals surface area contributed by atoms with E-state index in [1.807, 2.05) is 0 Å². The normalized spacial score (nSPS) is 18.7. The van der Waals surface area contributed by atoms with Crippen molar-refractivity contribution < 1.29 is 4.79 Å². The summed E-state index contributed by atoms with van der Waals surface area (Å²) in [7, 11) is 0. The number of thioether (sulfide) groups is 1. The lowest BCUT2D eigenvalue weighted by Crippen LogP contribution is -2.17. The Balaban J connectivity index is 1.83. The van der Waals surface area contributed by atoms with E-state index >= 15 is 0 Å². The van der Waals surface area contributed by atoms with Crippen molar-refractivity contribution in [3.8, 4) is 0 Å². The van der Waals surface area contributed by atoms with Gasteiger partial charge in [0, 0.05) is 11.3 Å². The quantitative estimate of drug-likeness (QED) is 0.795. The van der Waals surface area contributed by atoms with E-state index < -0.39 is 0 Å². The molecule has 1 aliphatic rings. The average Bonchev–Trinajstić information content (AvgIpc) is 2.70. The second-order valence-electron chi connectivity index (χ2n) is 6.30. The van der Waals surface area contributed by atoms with Crippen molar-refractivity contribution in [3.63, 3.8) is 0 Å². The first-order valence-electron chi connectivity index (χ1n) is 6.73. The highest BCUT2D eigenvalue weighted by atomic mass is 32.2. The maximum absolute atomic E-state index is 12.2. The highest BCUT2D eigenvalue weighted by Gasteiger charge is 2.27. The molecule has 18 heavy (non-hydrogen) atoms. The summed E-state index contributed by atoms with van der Waals surface area (Å²) in [5, 5.41) is 0.169. The maximum Gasteiger partial charge on any atom is 0.146 e. The summed E-state index contributed by atoms with van der Waals surface area (Å²) in [6, 6.07) is 8.39. The number of Topliss-reactive ketones (excluding diaryl/α,β-unsaturated/α-hetero) is 1.